The predicted octanol–water partition coefficient (Wildman–Crippen LogP) is 0.000800. The molecule has 1 amide bonds. The molecule has 0 spiro atoms. The largest absolute Gasteiger partial charge is 0.477 e. The molecule has 0 aliphatic carbocycles. The maximum atomic E-state index is 12.4. The third-order valence-electron chi connectivity index (χ3n) is 6.24. The Kier molecular flexibility index (Phi) is 9.00. The van der Waals surface area contributed by atoms with Gasteiger partial charge >= 0.3 is 17.9 Å². The van der Waals surface area contributed by atoms with Crippen LogP contribution in [0.25, 0.3) is 0 Å². The van der Waals surface area contributed by atoms with Gasteiger partial charge in [0.05, 0.1) is 19.7 Å². The topological polar surface area (TPSA) is 204 Å². The van der Waals surface area contributed by atoms with Gasteiger partial charge in [0, 0.05) is 44.8 Å². The Morgan fingerprint density at radius 3 is 2.13 bits per heavy atom. The fraction of sp³-hybridized carbons (Fsp3) is 0.417. The molecule has 3 N–H and O–H groups in total. The summed E-state index contributed by atoms with van der Waals surface area (Å²) in [6, 6.07) is 1.90. The van der Waals surface area contributed by atoms with Crippen molar-refractivity contribution in [3.8, 4) is 0 Å². The van der Waals surface area contributed by atoms with E-state index in [0.29, 0.717) is 13.2 Å². The van der Waals surface area contributed by atoms with Gasteiger partial charge in [0.15, 0.2) is 23.4 Å². The summed E-state index contributed by atoms with van der Waals surface area (Å²) in [5, 5.41) is 26.8. The van der Waals surface area contributed by atoms with Crippen LogP contribution in [0.2, 0.25) is 0 Å². The van der Waals surface area contributed by atoms with Crippen LogP contribution in [0, 0.1) is 0 Å². The molecule has 210 valence electrons. The van der Waals surface area contributed by atoms with Crippen molar-refractivity contribution in [1.82, 2.24) is 14.0 Å². The van der Waals surface area contributed by atoms with E-state index in [4.69, 9.17) is 29.5 Å². The fourth-order valence-corrected chi connectivity index (χ4v) is 4.20. The van der Waals surface area contributed by atoms with Gasteiger partial charge in [-0.2, -0.15) is 0 Å². The second kappa shape index (κ2) is 12.0. The number of nitrogens with zero attached hydrogens (tertiary/aromatic N) is 3. The minimum absolute atomic E-state index is 0.0456. The summed E-state index contributed by atoms with van der Waals surface area (Å²) in [6.45, 7) is 2.78. The molecule has 2 atom stereocenters. The Morgan fingerprint density at radius 1 is 0.974 bits per heavy atom. The zero-order valence-electron chi connectivity index (χ0n) is 21.2. The Balaban J connectivity index is 0.000000216. The molecule has 15 heteroatoms. The number of carbonyl (C=O) groups excluding carboxylic acids is 1. The molecule has 2 aromatic heterocycles. The monoisotopic (exact) mass is 549 g/mol. The minimum atomic E-state index is -1.43. The van der Waals surface area contributed by atoms with Gasteiger partial charge in [-0.1, -0.05) is 0 Å². The summed E-state index contributed by atoms with van der Waals surface area (Å²) in [7, 11) is 2.71. The van der Waals surface area contributed by atoms with Crippen molar-refractivity contribution in [1.29, 1.82) is 0 Å². The summed E-state index contributed by atoms with van der Waals surface area (Å²) in [5.74, 6) is -4.36. The van der Waals surface area contributed by atoms with Crippen molar-refractivity contribution >= 4 is 23.8 Å². The Hall–Kier alpha value is -4.34. The number of hydrogen-bond acceptors (Lipinski definition) is 9. The zero-order valence-corrected chi connectivity index (χ0v) is 21.2. The van der Waals surface area contributed by atoms with Crippen LogP contribution >= 0.6 is 0 Å². The van der Waals surface area contributed by atoms with Gasteiger partial charge in [0.1, 0.15) is 22.5 Å². The molecule has 0 bridgehead atoms. The molecule has 0 aromatic carbocycles. The van der Waals surface area contributed by atoms with Crippen molar-refractivity contribution in [3.05, 3.63) is 67.5 Å². The van der Waals surface area contributed by atoms with E-state index in [9.17, 15) is 28.8 Å². The molecule has 0 saturated carbocycles. The number of aromatic carboxylic acids is 3. The van der Waals surface area contributed by atoms with E-state index < -0.39 is 46.8 Å². The highest BCUT2D eigenvalue weighted by molar-refractivity contribution is 5.95. The van der Waals surface area contributed by atoms with Gasteiger partial charge in [0.25, 0.3) is 5.91 Å². The van der Waals surface area contributed by atoms with Gasteiger partial charge in [0.2, 0.25) is 0 Å². The van der Waals surface area contributed by atoms with Crippen LogP contribution in [-0.2, 0) is 27.3 Å². The number of hydrogen-bond donors (Lipinski definition) is 3. The van der Waals surface area contributed by atoms with Crippen LogP contribution in [0.3, 0.4) is 0 Å². The molecule has 15 nitrogen and oxygen atoms in total. The highest BCUT2D eigenvalue weighted by atomic mass is 16.7. The van der Waals surface area contributed by atoms with E-state index in [1.165, 1.54) is 25.0 Å². The second-order valence-corrected chi connectivity index (χ2v) is 8.67. The molecule has 1 saturated heterocycles. The Labute approximate surface area is 220 Å². The first-order chi connectivity index (χ1) is 18.4. The number of fused-ring (bicyclic) bond motifs is 2. The molecule has 4 heterocycles. The van der Waals surface area contributed by atoms with Gasteiger partial charge in [-0.3, -0.25) is 14.4 Å². The maximum Gasteiger partial charge on any atom is 0.352 e. The molecule has 1 fully saturated rings. The second-order valence-electron chi connectivity index (χ2n) is 8.67. The number of carboxylic acid groups (broad SMARTS) is 3. The van der Waals surface area contributed by atoms with Crippen LogP contribution in [0.15, 0.2) is 34.1 Å². The lowest BCUT2D eigenvalue weighted by atomic mass is 10.1. The SMILES string of the molecule is COC(Cn1cc(C(=O)O)c(=O)cc1C(=O)O)OC.C[C@@H]1CCO[C@H]2Cn3cc(C(=O)O)c(=O)cc3C(=O)N12. The molecular weight excluding hydrogens is 522 g/mol. The lowest BCUT2D eigenvalue weighted by molar-refractivity contribution is -0.112. The molecule has 2 aliphatic rings. The fourth-order valence-electron chi connectivity index (χ4n) is 4.20. The molecule has 2 aromatic rings. The van der Waals surface area contributed by atoms with Gasteiger partial charge in [-0.15, -0.1) is 0 Å². The summed E-state index contributed by atoms with van der Waals surface area (Å²) in [4.78, 5) is 70.1. The highest BCUT2D eigenvalue weighted by Crippen LogP contribution is 2.25. The molecule has 2 aliphatic heterocycles. The van der Waals surface area contributed by atoms with Gasteiger partial charge in [-0.05, 0) is 13.3 Å². The predicted molar refractivity (Wildman–Crippen MR) is 130 cm³/mol. The van der Waals surface area contributed by atoms with Crippen molar-refractivity contribution in [2.45, 2.75) is 45.0 Å². The molecule has 39 heavy (non-hydrogen) atoms. The number of amides is 1. The number of carbonyl (C=O) groups is 4. The standard InChI is InChI=1S/C13H14N2O5.C11H13NO7/c1-7-2-3-20-11-6-14-5-8(13(18)19)10(16)4-9(14)12(17)15(7)11;1-18-9(19-2)5-12-4-6(10(14)15)8(13)3-7(12)11(16)17/h4-5,7,11H,2-3,6H2,1H3,(H,18,19);3-4,9H,5H2,1-2H3,(H,14,15)(H,16,17)/t7-,11+;/m1./s1. The van der Waals surface area contributed by atoms with E-state index in [2.05, 4.69) is 0 Å². The molecule has 4 rings (SSSR count). The zero-order chi connectivity index (χ0) is 29.0. The number of methoxy groups -OCH3 is 2. The first-order valence-electron chi connectivity index (χ1n) is 11.6. The quantitative estimate of drug-likeness (QED) is 0.391. The Morgan fingerprint density at radius 2 is 1.56 bits per heavy atom. The van der Waals surface area contributed by atoms with Crippen LogP contribution in [-0.4, -0.2) is 92.6 Å². The van der Waals surface area contributed by atoms with Crippen molar-refractivity contribution in [2.75, 3.05) is 20.8 Å². The number of ether oxygens (including phenoxy) is 3. The van der Waals surface area contributed by atoms with Crippen LogP contribution in [0.4, 0.5) is 0 Å². The number of pyridine rings is 2. The summed E-state index contributed by atoms with van der Waals surface area (Å²) < 4.78 is 18.0. The maximum absolute atomic E-state index is 12.4. The summed E-state index contributed by atoms with van der Waals surface area (Å²) in [5.41, 5.74) is -2.49. The van der Waals surface area contributed by atoms with E-state index in [1.807, 2.05) is 6.92 Å². The average molecular weight is 549 g/mol. The molecule has 0 radical (unpaired) electrons. The third kappa shape index (κ3) is 6.22. The van der Waals surface area contributed by atoms with Crippen molar-refractivity contribution in [2.24, 2.45) is 0 Å². The van der Waals surface area contributed by atoms with E-state index in [-0.39, 0.29) is 35.4 Å². The lowest BCUT2D eigenvalue weighted by Gasteiger charge is -2.44. The first-order valence-corrected chi connectivity index (χ1v) is 11.6. The third-order valence-corrected chi connectivity index (χ3v) is 6.24. The molecule has 0 unspecified atom stereocenters. The number of carboxylic acids is 3. The van der Waals surface area contributed by atoms with Crippen LogP contribution in [0.5, 0.6) is 0 Å². The highest BCUT2D eigenvalue weighted by Gasteiger charge is 2.38. The average Bonchev–Trinajstić information content (AvgIpc) is 2.88. The van der Waals surface area contributed by atoms with Crippen molar-refractivity contribution < 1.29 is 48.7 Å². The lowest BCUT2D eigenvalue weighted by Crippen LogP contribution is -2.56. The van der Waals surface area contributed by atoms with Crippen LogP contribution in [0.1, 0.15) is 55.0 Å². The normalized spacial score (nSPS) is 18.1. The van der Waals surface area contributed by atoms with E-state index in [0.717, 1.165) is 29.3 Å². The summed E-state index contributed by atoms with van der Waals surface area (Å²) in [6.07, 6.45) is 1.77. The minimum Gasteiger partial charge on any atom is -0.477 e. The van der Waals surface area contributed by atoms with Gasteiger partial charge < -0.3 is 43.6 Å². The first kappa shape index (κ1) is 29.2. The summed E-state index contributed by atoms with van der Waals surface area (Å²) >= 11 is 0. The molecular formula is C24H27N3O12. The van der Waals surface area contributed by atoms with Crippen molar-refractivity contribution in [3.63, 3.8) is 0 Å². The number of rotatable bonds is 7. The van der Waals surface area contributed by atoms with E-state index >= 15 is 0 Å². The van der Waals surface area contributed by atoms with Gasteiger partial charge in [-0.25, -0.2) is 14.4 Å². The van der Waals surface area contributed by atoms with Crippen LogP contribution < -0.4 is 10.9 Å². The Bertz CT molecular complexity index is 1410. The number of aromatic nitrogens is 2. The van der Waals surface area contributed by atoms with E-state index in [1.54, 1.807) is 4.90 Å². The smallest absolute Gasteiger partial charge is 0.352 e.